The molecule has 2 N–H and O–H groups in total. The molecule has 30 heavy (non-hydrogen) atoms. The number of amides is 2. The van der Waals surface area contributed by atoms with Crippen LogP contribution in [-0.4, -0.2) is 18.9 Å². The van der Waals surface area contributed by atoms with Crippen LogP contribution >= 0.6 is 31.9 Å². The predicted octanol–water partition coefficient (Wildman–Crippen LogP) is 6.00. The number of hydrogen-bond donors (Lipinski definition) is 2. The maximum Gasteiger partial charge on any atom is 0.259 e. The fourth-order valence-corrected chi connectivity index (χ4v) is 3.51. The number of ether oxygens (including phenoxy) is 1. The average Bonchev–Trinajstić information content (AvgIpc) is 2.72. The van der Waals surface area contributed by atoms with Gasteiger partial charge in [0, 0.05) is 14.5 Å². The predicted molar refractivity (Wildman–Crippen MR) is 117 cm³/mol. The number of nitrogens with one attached hydrogen (secondary N) is 2. The minimum atomic E-state index is -0.681. The largest absolute Gasteiger partial charge is 0.496 e. The number of carbonyl (C=O) groups is 2. The lowest BCUT2D eigenvalue weighted by molar-refractivity contribution is 0.102. The zero-order chi connectivity index (χ0) is 21.8. The van der Waals surface area contributed by atoms with E-state index in [9.17, 15) is 18.4 Å². The van der Waals surface area contributed by atoms with Crippen molar-refractivity contribution in [1.29, 1.82) is 0 Å². The summed E-state index contributed by atoms with van der Waals surface area (Å²) in [5, 5.41) is 4.93. The fraction of sp³-hybridized carbons (Fsp3) is 0.0476. The molecule has 154 valence electrons. The molecule has 0 radical (unpaired) electrons. The highest BCUT2D eigenvalue weighted by Gasteiger charge is 2.19. The Hall–Kier alpha value is -2.78. The zero-order valence-electron chi connectivity index (χ0n) is 15.4. The molecule has 2 amide bonds. The lowest BCUT2D eigenvalue weighted by atomic mass is 10.1. The van der Waals surface area contributed by atoms with E-state index in [2.05, 4.69) is 42.5 Å². The van der Waals surface area contributed by atoms with Gasteiger partial charge in [-0.1, -0.05) is 12.1 Å². The molecule has 3 aromatic carbocycles. The van der Waals surface area contributed by atoms with Crippen molar-refractivity contribution >= 4 is 55.0 Å². The average molecular weight is 540 g/mol. The van der Waals surface area contributed by atoms with E-state index >= 15 is 0 Å². The Morgan fingerprint density at radius 1 is 0.833 bits per heavy atom. The van der Waals surface area contributed by atoms with Gasteiger partial charge in [0.2, 0.25) is 0 Å². The second-order valence-corrected chi connectivity index (χ2v) is 7.73. The Morgan fingerprint density at radius 3 is 1.87 bits per heavy atom. The second-order valence-electron chi connectivity index (χ2n) is 6.02. The molecule has 0 bridgehead atoms. The zero-order valence-corrected chi connectivity index (χ0v) is 18.6. The van der Waals surface area contributed by atoms with E-state index in [1.54, 1.807) is 12.1 Å². The van der Waals surface area contributed by atoms with Crippen LogP contribution in [0.1, 0.15) is 20.7 Å². The fourth-order valence-electron chi connectivity index (χ4n) is 2.63. The molecular weight excluding hydrogens is 526 g/mol. The van der Waals surface area contributed by atoms with Gasteiger partial charge in [-0.3, -0.25) is 9.59 Å². The van der Waals surface area contributed by atoms with Crippen LogP contribution in [0.25, 0.3) is 0 Å². The molecule has 0 unspecified atom stereocenters. The maximum atomic E-state index is 14.1. The maximum absolute atomic E-state index is 14.1. The van der Waals surface area contributed by atoms with Crippen molar-refractivity contribution in [3.63, 3.8) is 0 Å². The van der Waals surface area contributed by atoms with Gasteiger partial charge in [-0.25, -0.2) is 8.78 Å². The third-order valence-electron chi connectivity index (χ3n) is 4.11. The van der Waals surface area contributed by atoms with Crippen molar-refractivity contribution in [3.05, 3.63) is 86.3 Å². The van der Waals surface area contributed by atoms with E-state index in [0.29, 0.717) is 8.95 Å². The standard InChI is InChI=1S/C21H14Br2F2N2O3/c1-30-17-9-8-11(20(28)26-18-13(22)4-2-6-15(18)24)10-12(17)21(29)27-19-14(23)5-3-7-16(19)25/h2-10H,1H3,(H,26,28)(H,27,29). The van der Waals surface area contributed by atoms with Crippen molar-refractivity contribution in [2.75, 3.05) is 17.7 Å². The van der Waals surface area contributed by atoms with Gasteiger partial charge in [0.25, 0.3) is 11.8 Å². The lowest BCUT2D eigenvalue weighted by Gasteiger charge is -2.13. The van der Waals surface area contributed by atoms with Crippen LogP contribution in [0.3, 0.4) is 0 Å². The minimum absolute atomic E-state index is 0.00732. The van der Waals surface area contributed by atoms with Gasteiger partial charge in [-0.15, -0.1) is 0 Å². The molecule has 0 spiro atoms. The lowest BCUT2D eigenvalue weighted by Crippen LogP contribution is -2.18. The normalized spacial score (nSPS) is 10.4. The highest BCUT2D eigenvalue weighted by Crippen LogP contribution is 2.29. The van der Waals surface area contributed by atoms with E-state index in [1.165, 1.54) is 49.6 Å². The Morgan fingerprint density at radius 2 is 1.37 bits per heavy atom. The summed E-state index contributed by atoms with van der Waals surface area (Å²) in [4.78, 5) is 25.4. The molecule has 3 aromatic rings. The van der Waals surface area contributed by atoms with Crippen LogP contribution in [0.5, 0.6) is 5.75 Å². The van der Waals surface area contributed by atoms with Gasteiger partial charge in [-0.05, 0) is 74.3 Å². The van der Waals surface area contributed by atoms with E-state index in [4.69, 9.17) is 4.74 Å². The number of hydrogen-bond acceptors (Lipinski definition) is 3. The second kappa shape index (κ2) is 9.36. The molecule has 3 rings (SSSR count). The van der Waals surface area contributed by atoms with Crippen LogP contribution in [-0.2, 0) is 0 Å². The van der Waals surface area contributed by atoms with Crippen LogP contribution < -0.4 is 15.4 Å². The van der Waals surface area contributed by atoms with Gasteiger partial charge in [0.1, 0.15) is 17.4 Å². The smallest absolute Gasteiger partial charge is 0.259 e. The SMILES string of the molecule is COc1ccc(C(=O)Nc2c(F)cccc2Br)cc1C(=O)Nc1c(F)cccc1Br. The van der Waals surface area contributed by atoms with Gasteiger partial charge >= 0.3 is 0 Å². The van der Waals surface area contributed by atoms with Crippen molar-refractivity contribution < 1.29 is 23.1 Å². The summed E-state index contributed by atoms with van der Waals surface area (Å²) in [6, 6.07) is 12.7. The van der Waals surface area contributed by atoms with E-state index in [0.717, 1.165) is 0 Å². The third-order valence-corrected chi connectivity index (χ3v) is 5.43. The van der Waals surface area contributed by atoms with Crippen LogP contribution in [0.2, 0.25) is 0 Å². The molecule has 0 aliphatic carbocycles. The topological polar surface area (TPSA) is 67.4 Å². The van der Waals surface area contributed by atoms with Crippen molar-refractivity contribution in [3.8, 4) is 5.75 Å². The van der Waals surface area contributed by atoms with E-state index in [-0.39, 0.29) is 28.3 Å². The highest BCUT2D eigenvalue weighted by atomic mass is 79.9. The number of carbonyl (C=O) groups excluding carboxylic acids is 2. The van der Waals surface area contributed by atoms with Crippen LogP contribution in [0, 0.1) is 11.6 Å². The number of rotatable bonds is 5. The Kier molecular flexibility index (Phi) is 6.84. The third kappa shape index (κ3) is 4.68. The molecule has 5 nitrogen and oxygen atoms in total. The summed E-state index contributed by atoms with van der Waals surface area (Å²) in [5.41, 5.74) is 0.0194. The van der Waals surface area contributed by atoms with Gasteiger partial charge in [-0.2, -0.15) is 0 Å². The summed E-state index contributed by atoms with van der Waals surface area (Å²) in [6.07, 6.45) is 0. The monoisotopic (exact) mass is 538 g/mol. The first-order valence-corrected chi connectivity index (χ1v) is 10.1. The quantitative estimate of drug-likeness (QED) is 0.417. The first kappa shape index (κ1) is 21.9. The summed E-state index contributed by atoms with van der Waals surface area (Å²) in [7, 11) is 1.36. The molecule has 0 saturated carbocycles. The summed E-state index contributed by atoms with van der Waals surface area (Å²) < 4.78 is 34.0. The molecule has 0 saturated heterocycles. The highest BCUT2D eigenvalue weighted by molar-refractivity contribution is 9.11. The van der Waals surface area contributed by atoms with E-state index < -0.39 is 23.4 Å². The molecule has 0 aliphatic rings. The van der Waals surface area contributed by atoms with Crippen LogP contribution in [0.4, 0.5) is 20.2 Å². The number of methoxy groups -OCH3 is 1. The van der Waals surface area contributed by atoms with Crippen molar-refractivity contribution in [2.24, 2.45) is 0 Å². The Labute approximate surface area is 187 Å². The molecule has 0 aromatic heterocycles. The first-order chi connectivity index (χ1) is 14.3. The van der Waals surface area contributed by atoms with Gasteiger partial charge < -0.3 is 15.4 Å². The molecule has 0 heterocycles. The van der Waals surface area contributed by atoms with Gasteiger partial charge in [0.15, 0.2) is 0 Å². The molecular formula is C21H14Br2F2N2O3. The molecule has 0 aliphatic heterocycles. The summed E-state index contributed by atoms with van der Waals surface area (Å²) in [6.45, 7) is 0. The van der Waals surface area contributed by atoms with E-state index in [1.807, 2.05) is 0 Å². The van der Waals surface area contributed by atoms with Crippen molar-refractivity contribution in [2.45, 2.75) is 0 Å². The number of benzene rings is 3. The Balaban J connectivity index is 1.91. The number of halogens is 4. The van der Waals surface area contributed by atoms with Crippen LogP contribution in [0.15, 0.2) is 63.5 Å². The Bertz CT molecular complexity index is 1100. The summed E-state index contributed by atoms with van der Waals surface area (Å²) in [5.74, 6) is -2.38. The molecule has 0 fully saturated rings. The van der Waals surface area contributed by atoms with Crippen molar-refractivity contribution in [1.82, 2.24) is 0 Å². The van der Waals surface area contributed by atoms with Gasteiger partial charge in [0.05, 0.1) is 24.0 Å². The first-order valence-electron chi connectivity index (χ1n) is 8.50. The minimum Gasteiger partial charge on any atom is -0.496 e. The molecule has 0 atom stereocenters. The number of para-hydroxylation sites is 2. The number of anilines is 2. The summed E-state index contributed by atoms with van der Waals surface area (Å²) >= 11 is 6.36. The molecule has 9 heteroatoms.